The van der Waals surface area contributed by atoms with Gasteiger partial charge in [-0.1, -0.05) is 29.2 Å². The van der Waals surface area contributed by atoms with Crippen molar-refractivity contribution >= 4 is 39.8 Å². The number of thioether (sulfide) groups is 1. The molecular weight excluding hydrogens is 332 g/mol. The number of nitrogens with one attached hydrogen (secondary N) is 2. The van der Waals surface area contributed by atoms with Crippen LogP contribution in [0.15, 0.2) is 28.6 Å². The average Bonchev–Trinajstić information content (AvgIpc) is 3.26. The number of rotatable bonds is 7. The molecule has 23 heavy (non-hydrogen) atoms. The van der Waals surface area contributed by atoms with E-state index in [1.807, 2.05) is 31.2 Å². The Kier molecular flexibility index (Phi) is 5.02. The van der Waals surface area contributed by atoms with Crippen LogP contribution in [0.2, 0.25) is 0 Å². The van der Waals surface area contributed by atoms with Crippen LogP contribution in [0.5, 0.6) is 5.75 Å². The minimum Gasteiger partial charge on any atom is -0.497 e. The van der Waals surface area contributed by atoms with Crippen LogP contribution in [0.4, 0.5) is 10.8 Å². The normalized spacial score (nSPS) is 15.0. The van der Waals surface area contributed by atoms with E-state index in [1.165, 1.54) is 23.1 Å². The molecule has 1 aromatic carbocycles. The maximum absolute atomic E-state index is 12.0. The molecule has 6 nitrogen and oxygen atoms in total. The van der Waals surface area contributed by atoms with Gasteiger partial charge in [-0.15, -0.1) is 10.2 Å². The molecule has 1 aliphatic carbocycles. The van der Waals surface area contributed by atoms with E-state index in [0.717, 1.165) is 28.6 Å². The summed E-state index contributed by atoms with van der Waals surface area (Å²) in [4.78, 5) is 12.0. The lowest BCUT2D eigenvalue weighted by Gasteiger charge is -2.08. The Bertz CT molecular complexity index is 688. The molecule has 0 aliphatic heterocycles. The van der Waals surface area contributed by atoms with Crippen molar-refractivity contribution in [2.45, 2.75) is 35.4 Å². The number of hydrogen-bond acceptors (Lipinski definition) is 7. The first kappa shape index (κ1) is 16.1. The molecule has 0 spiro atoms. The van der Waals surface area contributed by atoms with Gasteiger partial charge < -0.3 is 15.4 Å². The van der Waals surface area contributed by atoms with Crippen molar-refractivity contribution in [2.75, 3.05) is 12.4 Å². The number of ether oxygens (including phenoxy) is 1. The Morgan fingerprint density at radius 3 is 3.00 bits per heavy atom. The van der Waals surface area contributed by atoms with E-state index >= 15 is 0 Å². The molecule has 0 radical (unpaired) electrons. The lowest BCUT2D eigenvalue weighted by Crippen LogP contribution is -2.32. The molecule has 122 valence electrons. The number of benzene rings is 1. The van der Waals surface area contributed by atoms with Crippen LogP contribution in [0.3, 0.4) is 0 Å². The van der Waals surface area contributed by atoms with Crippen molar-refractivity contribution in [3.05, 3.63) is 24.3 Å². The number of anilines is 2. The molecule has 1 atom stereocenters. The van der Waals surface area contributed by atoms with Gasteiger partial charge >= 0.3 is 0 Å². The molecule has 1 amide bonds. The Labute approximate surface area is 143 Å². The van der Waals surface area contributed by atoms with Gasteiger partial charge in [-0.3, -0.25) is 4.79 Å². The van der Waals surface area contributed by atoms with Gasteiger partial charge in [0.1, 0.15) is 5.75 Å². The molecule has 1 heterocycles. The van der Waals surface area contributed by atoms with Gasteiger partial charge in [-0.2, -0.15) is 0 Å². The van der Waals surface area contributed by atoms with Crippen LogP contribution in [-0.2, 0) is 4.79 Å². The molecule has 1 unspecified atom stereocenters. The fraction of sp³-hybridized carbons (Fsp3) is 0.400. The summed E-state index contributed by atoms with van der Waals surface area (Å²) in [5, 5.41) is 15.0. The first-order valence-corrected chi connectivity index (χ1v) is 9.05. The predicted octanol–water partition coefficient (Wildman–Crippen LogP) is 3.05. The first-order chi connectivity index (χ1) is 11.1. The standard InChI is InChI=1S/C15H18N4O2S2/c1-9(13(20)16-10-6-7-10)22-15-19-18-14(23-15)17-11-4-3-5-12(8-11)21-2/h3-5,8-10H,6-7H2,1-2H3,(H,16,20)(H,17,18). The molecular formula is C15H18N4O2S2. The fourth-order valence-corrected chi connectivity index (χ4v) is 3.81. The fourth-order valence-electron chi connectivity index (χ4n) is 1.88. The highest BCUT2D eigenvalue weighted by Crippen LogP contribution is 2.31. The highest BCUT2D eigenvalue weighted by Gasteiger charge is 2.26. The largest absolute Gasteiger partial charge is 0.497 e. The highest BCUT2D eigenvalue weighted by molar-refractivity contribution is 8.02. The van der Waals surface area contributed by atoms with E-state index in [9.17, 15) is 4.79 Å². The molecule has 1 aliphatic rings. The lowest BCUT2D eigenvalue weighted by atomic mass is 10.3. The smallest absolute Gasteiger partial charge is 0.233 e. The number of carbonyl (C=O) groups is 1. The maximum Gasteiger partial charge on any atom is 0.233 e. The summed E-state index contributed by atoms with van der Waals surface area (Å²) in [6.07, 6.45) is 2.19. The van der Waals surface area contributed by atoms with Crippen molar-refractivity contribution in [1.29, 1.82) is 0 Å². The predicted molar refractivity (Wildman–Crippen MR) is 92.7 cm³/mol. The van der Waals surface area contributed by atoms with Crippen LogP contribution in [0.25, 0.3) is 0 Å². The molecule has 2 aromatic rings. The van der Waals surface area contributed by atoms with Gasteiger partial charge in [0.25, 0.3) is 0 Å². The topological polar surface area (TPSA) is 76.1 Å². The van der Waals surface area contributed by atoms with Gasteiger partial charge in [-0.05, 0) is 31.9 Å². The number of aromatic nitrogens is 2. The van der Waals surface area contributed by atoms with Crippen molar-refractivity contribution in [1.82, 2.24) is 15.5 Å². The molecule has 0 bridgehead atoms. The van der Waals surface area contributed by atoms with E-state index in [0.29, 0.717) is 11.2 Å². The first-order valence-electron chi connectivity index (χ1n) is 7.35. The van der Waals surface area contributed by atoms with Gasteiger partial charge in [0, 0.05) is 17.8 Å². The highest BCUT2D eigenvalue weighted by atomic mass is 32.2. The Hall–Kier alpha value is -1.80. The van der Waals surface area contributed by atoms with E-state index in [4.69, 9.17) is 4.74 Å². The minimum absolute atomic E-state index is 0.0648. The quantitative estimate of drug-likeness (QED) is 0.748. The van der Waals surface area contributed by atoms with Crippen LogP contribution in [0.1, 0.15) is 19.8 Å². The summed E-state index contributed by atoms with van der Waals surface area (Å²) < 4.78 is 5.96. The SMILES string of the molecule is COc1cccc(Nc2nnc(SC(C)C(=O)NC3CC3)s2)c1. The Morgan fingerprint density at radius 1 is 1.43 bits per heavy atom. The summed E-state index contributed by atoms with van der Waals surface area (Å²) in [5.41, 5.74) is 0.886. The summed E-state index contributed by atoms with van der Waals surface area (Å²) in [7, 11) is 1.63. The number of hydrogen-bond donors (Lipinski definition) is 2. The molecule has 2 N–H and O–H groups in total. The van der Waals surface area contributed by atoms with Crippen molar-refractivity contribution < 1.29 is 9.53 Å². The number of amides is 1. The second kappa shape index (κ2) is 7.18. The molecule has 1 fully saturated rings. The monoisotopic (exact) mass is 350 g/mol. The van der Waals surface area contributed by atoms with E-state index in [-0.39, 0.29) is 11.2 Å². The maximum atomic E-state index is 12.0. The summed E-state index contributed by atoms with van der Waals surface area (Å²) in [5.74, 6) is 0.842. The van der Waals surface area contributed by atoms with Gasteiger partial charge in [-0.25, -0.2) is 0 Å². The van der Waals surface area contributed by atoms with Crippen LogP contribution in [-0.4, -0.2) is 34.5 Å². The molecule has 0 saturated heterocycles. The number of carbonyl (C=O) groups excluding carboxylic acids is 1. The van der Waals surface area contributed by atoms with Crippen LogP contribution < -0.4 is 15.4 Å². The van der Waals surface area contributed by atoms with E-state index < -0.39 is 0 Å². The van der Waals surface area contributed by atoms with Crippen molar-refractivity contribution in [3.8, 4) is 5.75 Å². The third-order valence-corrected chi connectivity index (χ3v) is 5.32. The van der Waals surface area contributed by atoms with Crippen molar-refractivity contribution in [2.24, 2.45) is 0 Å². The second-order valence-electron chi connectivity index (χ2n) is 5.27. The van der Waals surface area contributed by atoms with Gasteiger partial charge in [0.15, 0.2) is 4.34 Å². The summed E-state index contributed by atoms with van der Waals surface area (Å²) in [6.45, 7) is 1.89. The average molecular weight is 350 g/mol. The van der Waals surface area contributed by atoms with Crippen LogP contribution >= 0.6 is 23.1 Å². The zero-order valence-corrected chi connectivity index (χ0v) is 14.5. The second-order valence-corrected chi connectivity index (χ2v) is 7.84. The number of methoxy groups -OCH3 is 1. The van der Waals surface area contributed by atoms with Gasteiger partial charge in [0.2, 0.25) is 11.0 Å². The zero-order chi connectivity index (χ0) is 16.2. The third-order valence-electron chi connectivity index (χ3n) is 3.30. The molecule has 1 aromatic heterocycles. The van der Waals surface area contributed by atoms with Gasteiger partial charge in [0.05, 0.1) is 12.4 Å². The van der Waals surface area contributed by atoms with Crippen LogP contribution in [0, 0.1) is 0 Å². The lowest BCUT2D eigenvalue weighted by molar-refractivity contribution is -0.120. The third kappa shape index (κ3) is 4.59. The number of nitrogens with zero attached hydrogens (tertiary/aromatic N) is 2. The molecule has 3 rings (SSSR count). The summed E-state index contributed by atoms with van der Waals surface area (Å²) >= 11 is 2.86. The van der Waals surface area contributed by atoms with Crippen molar-refractivity contribution in [3.63, 3.8) is 0 Å². The minimum atomic E-state index is -0.173. The Morgan fingerprint density at radius 2 is 2.26 bits per heavy atom. The molecule has 8 heteroatoms. The molecule has 1 saturated carbocycles. The summed E-state index contributed by atoms with van der Waals surface area (Å²) in [6, 6.07) is 7.99. The zero-order valence-electron chi connectivity index (χ0n) is 12.9. The van der Waals surface area contributed by atoms with E-state index in [2.05, 4.69) is 20.8 Å². The Balaban J connectivity index is 1.57. The van der Waals surface area contributed by atoms with E-state index in [1.54, 1.807) is 7.11 Å².